The van der Waals surface area contributed by atoms with E-state index in [0.717, 1.165) is 18.6 Å². The summed E-state index contributed by atoms with van der Waals surface area (Å²) < 4.78 is 54.0. The molecule has 3 amide bonds. The molecule has 0 aromatic heterocycles. The number of hydrogen-bond donors (Lipinski definition) is 3. The number of halogens is 2. The minimum absolute atomic E-state index is 0.0351. The zero-order valence-corrected chi connectivity index (χ0v) is 30.6. The Bertz CT molecular complexity index is 1500. The predicted molar refractivity (Wildman–Crippen MR) is 187 cm³/mol. The number of sulfonamides is 1. The number of hydrogen-bond acceptors (Lipinski definition) is 7. The van der Waals surface area contributed by atoms with Gasteiger partial charge in [-0.2, -0.15) is 0 Å². The molecule has 14 heteroatoms. The van der Waals surface area contributed by atoms with E-state index in [1.54, 1.807) is 32.8 Å². The Balaban J connectivity index is 2.56. The fraction of sp³-hybridized carbons (Fsp3) is 0.571. The van der Waals surface area contributed by atoms with Crippen molar-refractivity contribution in [3.8, 4) is 0 Å². The smallest absolute Gasteiger partial charge is 0.253 e. The first-order valence-corrected chi connectivity index (χ1v) is 18.5. The SMILES string of the molecule is CCCCN(CC(O)C(Cc1cc(F)cc(F)c1)NC(=O)c1cc(C(=O)N(C)C)cc(C(=O)N(CCC)CCC)c1)NS(=O)(=O)CC(C)C. The van der Waals surface area contributed by atoms with E-state index in [9.17, 15) is 36.7 Å². The maximum Gasteiger partial charge on any atom is 0.253 e. The van der Waals surface area contributed by atoms with Crippen LogP contribution in [0.25, 0.3) is 0 Å². The number of rotatable bonds is 20. The molecule has 0 fully saturated rings. The van der Waals surface area contributed by atoms with Crippen molar-refractivity contribution in [2.75, 3.05) is 46.0 Å². The number of benzene rings is 2. The number of amides is 3. The monoisotopic (exact) mass is 709 g/mol. The van der Waals surface area contributed by atoms with Crippen molar-refractivity contribution in [1.29, 1.82) is 0 Å². The summed E-state index contributed by atoms with van der Waals surface area (Å²) in [6.07, 6.45) is 1.10. The van der Waals surface area contributed by atoms with Gasteiger partial charge in [0.05, 0.1) is 17.9 Å². The van der Waals surface area contributed by atoms with Crippen molar-refractivity contribution in [3.63, 3.8) is 0 Å². The van der Waals surface area contributed by atoms with Crippen LogP contribution in [0.15, 0.2) is 36.4 Å². The normalized spacial score (nSPS) is 13.0. The molecule has 0 radical (unpaired) electrons. The van der Waals surface area contributed by atoms with Crippen LogP contribution in [-0.2, 0) is 16.4 Å². The highest BCUT2D eigenvalue weighted by Crippen LogP contribution is 2.18. The number of carbonyl (C=O) groups is 3. The fourth-order valence-electron chi connectivity index (χ4n) is 5.37. The first-order chi connectivity index (χ1) is 23.0. The standard InChI is InChI=1S/C35H53F2N5O6S/c1-8-11-14-42(39-49(47,48)23-24(4)5)22-32(43)31(17-25-15-29(36)21-30(37)16-25)38-33(44)26-18-27(34(45)40(6)7)20-28(19-26)35(46)41(12-9-2)13-10-3/h15-16,18-21,24,31-32,39,43H,8-14,17,22-23H2,1-7H3,(H,38,44). The van der Waals surface area contributed by atoms with Gasteiger partial charge in [-0.1, -0.05) is 41.0 Å². The lowest BCUT2D eigenvalue weighted by Gasteiger charge is -2.30. The molecule has 2 unspecified atom stereocenters. The van der Waals surface area contributed by atoms with Gasteiger partial charge in [0, 0.05) is 63.0 Å². The maximum absolute atomic E-state index is 14.2. The van der Waals surface area contributed by atoms with Crippen molar-refractivity contribution in [3.05, 3.63) is 70.3 Å². The van der Waals surface area contributed by atoms with Crippen LogP contribution < -0.4 is 10.1 Å². The van der Waals surface area contributed by atoms with Gasteiger partial charge in [-0.15, -0.1) is 4.83 Å². The second-order valence-electron chi connectivity index (χ2n) is 13.0. The Kier molecular flexibility index (Phi) is 16.7. The Hall–Kier alpha value is -3.46. The van der Waals surface area contributed by atoms with Gasteiger partial charge in [-0.3, -0.25) is 14.4 Å². The molecule has 2 aromatic rings. The van der Waals surface area contributed by atoms with Crippen LogP contribution in [-0.4, -0.2) is 104 Å². The topological polar surface area (TPSA) is 139 Å². The number of nitrogens with one attached hydrogen (secondary N) is 2. The van der Waals surface area contributed by atoms with E-state index in [-0.39, 0.29) is 59.3 Å². The van der Waals surface area contributed by atoms with Crippen molar-refractivity contribution in [2.45, 2.75) is 78.9 Å². The molecule has 2 atom stereocenters. The minimum Gasteiger partial charge on any atom is -0.390 e. The highest BCUT2D eigenvalue weighted by molar-refractivity contribution is 7.89. The van der Waals surface area contributed by atoms with Gasteiger partial charge >= 0.3 is 0 Å². The second-order valence-corrected chi connectivity index (χ2v) is 14.7. The van der Waals surface area contributed by atoms with Crippen molar-refractivity contribution in [1.82, 2.24) is 25.0 Å². The Labute approximate surface area is 290 Å². The summed E-state index contributed by atoms with van der Waals surface area (Å²) >= 11 is 0. The molecule has 0 heterocycles. The van der Waals surface area contributed by atoms with E-state index in [0.29, 0.717) is 38.4 Å². The molecule has 11 nitrogen and oxygen atoms in total. The highest BCUT2D eigenvalue weighted by Gasteiger charge is 2.28. The lowest BCUT2D eigenvalue weighted by Crippen LogP contribution is -2.54. The number of aliphatic hydroxyl groups excluding tert-OH is 1. The van der Waals surface area contributed by atoms with E-state index in [1.165, 1.54) is 28.1 Å². The number of hydrazine groups is 1. The van der Waals surface area contributed by atoms with E-state index in [4.69, 9.17) is 0 Å². The van der Waals surface area contributed by atoms with Gasteiger partial charge in [0.1, 0.15) is 11.6 Å². The third kappa shape index (κ3) is 13.8. The minimum atomic E-state index is -3.76. The lowest BCUT2D eigenvalue weighted by atomic mass is 9.98. The molecule has 3 N–H and O–H groups in total. The van der Waals surface area contributed by atoms with Gasteiger partial charge in [-0.25, -0.2) is 22.2 Å². The molecule has 0 aliphatic carbocycles. The molecule has 0 aliphatic rings. The largest absolute Gasteiger partial charge is 0.390 e. The van der Waals surface area contributed by atoms with Crippen LogP contribution in [0.2, 0.25) is 0 Å². The van der Waals surface area contributed by atoms with E-state index in [1.807, 2.05) is 20.8 Å². The average Bonchev–Trinajstić information content (AvgIpc) is 3.00. The van der Waals surface area contributed by atoms with Crippen LogP contribution in [0, 0.1) is 17.6 Å². The van der Waals surface area contributed by atoms with Crippen LogP contribution in [0.1, 0.15) is 96.9 Å². The molecule has 49 heavy (non-hydrogen) atoms. The molecular weight excluding hydrogens is 656 g/mol. The Morgan fingerprint density at radius 3 is 1.88 bits per heavy atom. The summed E-state index contributed by atoms with van der Waals surface area (Å²) in [4.78, 5) is 46.0. The number of unbranched alkanes of at least 4 members (excludes halogenated alkanes) is 1. The first kappa shape index (κ1) is 41.7. The number of nitrogens with zero attached hydrogens (tertiary/aromatic N) is 3. The summed E-state index contributed by atoms with van der Waals surface area (Å²) in [6, 6.07) is 5.86. The summed E-state index contributed by atoms with van der Waals surface area (Å²) in [5.74, 6) is -3.53. The fourth-order valence-corrected chi connectivity index (χ4v) is 6.88. The van der Waals surface area contributed by atoms with Crippen molar-refractivity contribution >= 4 is 27.7 Å². The van der Waals surface area contributed by atoms with Gasteiger partial charge in [0.2, 0.25) is 10.0 Å². The van der Waals surface area contributed by atoms with E-state index >= 15 is 0 Å². The molecule has 0 bridgehead atoms. The van der Waals surface area contributed by atoms with Gasteiger partial charge < -0.3 is 20.2 Å². The van der Waals surface area contributed by atoms with Crippen molar-refractivity contribution in [2.24, 2.45) is 5.92 Å². The summed E-state index contributed by atoms with van der Waals surface area (Å²) in [5.41, 5.74) is 0.342. The molecule has 2 rings (SSSR count). The first-order valence-electron chi connectivity index (χ1n) is 16.8. The van der Waals surface area contributed by atoms with Gasteiger partial charge in [0.25, 0.3) is 17.7 Å². The molecular formula is C35H53F2N5O6S. The number of carbonyl (C=O) groups excluding carboxylic acids is 3. The van der Waals surface area contributed by atoms with E-state index in [2.05, 4.69) is 10.1 Å². The summed E-state index contributed by atoms with van der Waals surface area (Å²) in [7, 11) is -0.674. The maximum atomic E-state index is 14.2. The van der Waals surface area contributed by atoms with Crippen LogP contribution in [0.3, 0.4) is 0 Å². The molecule has 0 saturated carbocycles. The summed E-state index contributed by atoms with van der Waals surface area (Å²) in [5, 5.41) is 15.6. The molecule has 2 aromatic carbocycles. The summed E-state index contributed by atoms with van der Waals surface area (Å²) in [6.45, 7) is 10.3. The zero-order valence-electron chi connectivity index (χ0n) is 29.8. The lowest BCUT2D eigenvalue weighted by molar-refractivity contribution is 0.0614. The quantitative estimate of drug-likeness (QED) is 0.175. The zero-order chi connectivity index (χ0) is 36.9. The van der Waals surface area contributed by atoms with Crippen molar-refractivity contribution < 1.29 is 36.7 Å². The Morgan fingerprint density at radius 1 is 0.816 bits per heavy atom. The van der Waals surface area contributed by atoms with Crippen LogP contribution in [0.5, 0.6) is 0 Å². The predicted octanol–water partition coefficient (Wildman–Crippen LogP) is 4.22. The van der Waals surface area contributed by atoms with Crippen LogP contribution in [0.4, 0.5) is 8.78 Å². The third-order valence-electron chi connectivity index (χ3n) is 7.54. The van der Waals surface area contributed by atoms with Gasteiger partial charge in [-0.05, 0) is 67.5 Å². The Morgan fingerprint density at radius 2 is 1.37 bits per heavy atom. The van der Waals surface area contributed by atoms with Crippen LogP contribution >= 0.6 is 0 Å². The average molecular weight is 710 g/mol. The molecule has 0 aliphatic heterocycles. The molecule has 0 spiro atoms. The van der Waals surface area contributed by atoms with Gasteiger partial charge in [0.15, 0.2) is 0 Å². The van der Waals surface area contributed by atoms with E-state index < -0.39 is 45.6 Å². The highest BCUT2D eigenvalue weighted by atomic mass is 32.2. The molecule has 0 saturated heterocycles. The third-order valence-corrected chi connectivity index (χ3v) is 9.18. The molecule has 274 valence electrons. The second kappa shape index (κ2) is 19.7. The number of aliphatic hydroxyl groups is 1.